The Morgan fingerprint density at radius 1 is 1.08 bits per heavy atom. The summed E-state index contributed by atoms with van der Waals surface area (Å²) in [5.74, 6) is 0.537. The van der Waals surface area contributed by atoms with Gasteiger partial charge in [-0.2, -0.15) is 0 Å². The molecule has 0 fully saturated rings. The van der Waals surface area contributed by atoms with Crippen molar-refractivity contribution in [2.45, 2.75) is 26.4 Å². The highest BCUT2D eigenvalue weighted by atomic mass is 79.9. The quantitative estimate of drug-likeness (QED) is 0.590. The number of ether oxygens (including phenoxy) is 1. The van der Waals surface area contributed by atoms with Gasteiger partial charge in [-0.3, -0.25) is 4.84 Å². The number of nitrogens with zero attached hydrogens (tertiary/aromatic N) is 2. The molecule has 0 amide bonds. The molecule has 3 rings (SSSR count). The Balaban J connectivity index is 2.05. The predicted molar refractivity (Wildman–Crippen MR) is 95.7 cm³/mol. The molecule has 1 aromatic heterocycles. The van der Waals surface area contributed by atoms with Gasteiger partial charge in [0.25, 0.3) is 0 Å². The van der Waals surface area contributed by atoms with E-state index >= 15 is 0 Å². The third-order valence-corrected chi connectivity index (χ3v) is 3.71. The van der Waals surface area contributed by atoms with Gasteiger partial charge in [-0.1, -0.05) is 40.2 Å². The molecule has 1 heterocycles. The second-order valence-corrected chi connectivity index (χ2v) is 7.20. The molecule has 3 aromatic rings. The first-order chi connectivity index (χ1) is 11.3. The topological polar surface area (TPSA) is 53.4 Å². The average molecular weight is 389 g/mol. The number of hydrogen-bond acceptors (Lipinski definition) is 4. The van der Waals surface area contributed by atoms with E-state index in [0.29, 0.717) is 11.3 Å². The molecule has 0 saturated heterocycles. The summed E-state index contributed by atoms with van der Waals surface area (Å²) in [6, 6.07) is 15.1. The summed E-state index contributed by atoms with van der Waals surface area (Å²) in [7, 11) is 0. The minimum absolute atomic E-state index is 0.537. The maximum Gasteiger partial charge on any atom is 0.534 e. The molecule has 0 unspecified atom stereocenters. The Morgan fingerprint density at radius 2 is 1.75 bits per heavy atom. The first-order valence-electron chi connectivity index (χ1n) is 7.48. The molecule has 24 heavy (non-hydrogen) atoms. The highest BCUT2D eigenvalue weighted by Crippen LogP contribution is 2.25. The molecule has 0 bridgehead atoms. The van der Waals surface area contributed by atoms with Crippen molar-refractivity contribution in [2.75, 3.05) is 0 Å². The van der Waals surface area contributed by atoms with Crippen molar-refractivity contribution < 1.29 is 14.4 Å². The molecular weight excluding hydrogens is 372 g/mol. The zero-order valence-corrected chi connectivity index (χ0v) is 15.2. The minimum Gasteiger partial charge on any atom is -0.427 e. The molecule has 0 radical (unpaired) electrons. The lowest BCUT2D eigenvalue weighted by Crippen LogP contribution is -2.30. The Hall–Kier alpha value is -2.34. The summed E-state index contributed by atoms with van der Waals surface area (Å²) in [5, 5.41) is 0. The van der Waals surface area contributed by atoms with Crippen LogP contribution in [-0.2, 0) is 4.74 Å². The normalized spacial score (nSPS) is 11.5. The zero-order chi connectivity index (χ0) is 17.3. The van der Waals surface area contributed by atoms with Crippen LogP contribution in [0.2, 0.25) is 0 Å². The Labute approximate surface area is 148 Å². The third kappa shape index (κ3) is 3.59. The van der Waals surface area contributed by atoms with Crippen LogP contribution in [0.4, 0.5) is 4.79 Å². The van der Waals surface area contributed by atoms with Gasteiger partial charge < -0.3 is 4.74 Å². The molecule has 0 spiro atoms. The Kier molecular flexibility index (Phi) is 4.32. The number of aromatic nitrogens is 2. The molecule has 0 aliphatic rings. The minimum atomic E-state index is -0.774. The van der Waals surface area contributed by atoms with Crippen LogP contribution in [-0.4, -0.2) is 21.5 Å². The first-order valence-corrected chi connectivity index (χ1v) is 8.27. The number of carbonyl (C=O) groups excluding carboxylic acids is 1. The summed E-state index contributed by atoms with van der Waals surface area (Å²) in [5.41, 5.74) is 1.63. The smallest absolute Gasteiger partial charge is 0.427 e. The molecule has 2 aromatic carbocycles. The fraction of sp³-hybridized carbons (Fsp3) is 0.222. The number of rotatable bonds is 2. The summed E-state index contributed by atoms with van der Waals surface area (Å²) in [4.78, 5) is 22.1. The van der Waals surface area contributed by atoms with Gasteiger partial charge in [0.05, 0.1) is 5.52 Å². The molecule has 0 aliphatic heterocycles. The number of hydrogen-bond donors (Lipinski definition) is 0. The van der Waals surface area contributed by atoms with Crippen molar-refractivity contribution in [3.8, 4) is 11.4 Å². The largest absolute Gasteiger partial charge is 0.534 e. The van der Waals surface area contributed by atoms with Crippen LogP contribution in [0.1, 0.15) is 20.8 Å². The Morgan fingerprint density at radius 3 is 2.42 bits per heavy atom. The Bertz CT molecular complexity index is 879. The van der Waals surface area contributed by atoms with Crippen LogP contribution < -0.4 is 4.84 Å². The maximum atomic E-state index is 12.1. The van der Waals surface area contributed by atoms with E-state index in [0.717, 1.165) is 15.6 Å². The van der Waals surface area contributed by atoms with Crippen LogP contribution in [0.3, 0.4) is 0 Å². The molecule has 124 valence electrons. The third-order valence-electron chi connectivity index (χ3n) is 3.18. The summed E-state index contributed by atoms with van der Waals surface area (Å²) < 4.78 is 7.62. The lowest BCUT2D eigenvalue weighted by molar-refractivity contribution is -0.00823. The van der Waals surface area contributed by atoms with Crippen molar-refractivity contribution in [3.05, 3.63) is 53.0 Å². The predicted octanol–water partition coefficient (Wildman–Crippen LogP) is 4.83. The fourth-order valence-corrected chi connectivity index (χ4v) is 2.48. The van der Waals surface area contributed by atoms with Crippen molar-refractivity contribution in [1.82, 2.24) is 9.71 Å². The number of benzene rings is 2. The fourth-order valence-electron chi connectivity index (χ4n) is 2.22. The van der Waals surface area contributed by atoms with Gasteiger partial charge in [0.15, 0.2) is 5.82 Å². The van der Waals surface area contributed by atoms with Gasteiger partial charge in [-0.25, -0.2) is 9.78 Å². The monoisotopic (exact) mass is 388 g/mol. The molecule has 6 heteroatoms. The van der Waals surface area contributed by atoms with E-state index in [1.165, 1.54) is 4.73 Å². The van der Waals surface area contributed by atoms with Crippen LogP contribution in [0.5, 0.6) is 0 Å². The second-order valence-electron chi connectivity index (χ2n) is 6.28. The SMILES string of the molecule is CC(C)(C)OC(=O)On1c(-c2ccc(Br)cc2)nc2ccccc21. The van der Waals surface area contributed by atoms with Crippen molar-refractivity contribution in [2.24, 2.45) is 0 Å². The average Bonchev–Trinajstić information content (AvgIpc) is 2.85. The van der Waals surface area contributed by atoms with E-state index < -0.39 is 11.8 Å². The van der Waals surface area contributed by atoms with Crippen molar-refractivity contribution >= 4 is 33.1 Å². The van der Waals surface area contributed by atoms with Gasteiger partial charge in [0.2, 0.25) is 0 Å². The van der Waals surface area contributed by atoms with E-state index in [1.54, 1.807) is 20.8 Å². The molecule has 5 nitrogen and oxygen atoms in total. The summed E-state index contributed by atoms with van der Waals surface area (Å²) in [6.45, 7) is 5.36. The van der Waals surface area contributed by atoms with Crippen LogP contribution in [0.15, 0.2) is 53.0 Å². The summed E-state index contributed by atoms with van der Waals surface area (Å²) in [6.07, 6.45) is -0.774. The van der Waals surface area contributed by atoms with E-state index in [4.69, 9.17) is 9.57 Å². The van der Waals surface area contributed by atoms with Crippen molar-refractivity contribution in [3.63, 3.8) is 0 Å². The van der Waals surface area contributed by atoms with Crippen molar-refractivity contribution in [1.29, 1.82) is 0 Å². The molecule has 0 N–H and O–H groups in total. The highest BCUT2D eigenvalue weighted by molar-refractivity contribution is 9.10. The van der Waals surface area contributed by atoms with Gasteiger partial charge >= 0.3 is 6.16 Å². The number of carbonyl (C=O) groups is 1. The highest BCUT2D eigenvalue weighted by Gasteiger charge is 2.21. The van der Waals surface area contributed by atoms with E-state index in [2.05, 4.69) is 20.9 Å². The standard InChI is InChI=1S/C18H17BrN2O3/c1-18(2,3)23-17(22)24-21-15-7-5-4-6-14(15)20-16(21)12-8-10-13(19)11-9-12/h4-11H,1-3H3. The van der Waals surface area contributed by atoms with Crippen LogP contribution in [0.25, 0.3) is 22.4 Å². The lowest BCUT2D eigenvalue weighted by Gasteiger charge is -2.19. The lowest BCUT2D eigenvalue weighted by atomic mass is 10.2. The number of fused-ring (bicyclic) bond motifs is 1. The van der Waals surface area contributed by atoms with Gasteiger partial charge in [0, 0.05) is 10.0 Å². The molecule has 0 atom stereocenters. The molecule has 0 aliphatic carbocycles. The summed E-state index contributed by atoms with van der Waals surface area (Å²) >= 11 is 3.41. The van der Waals surface area contributed by atoms with Gasteiger partial charge in [-0.05, 0) is 45.0 Å². The van der Waals surface area contributed by atoms with Gasteiger partial charge in [0.1, 0.15) is 11.1 Å². The van der Waals surface area contributed by atoms with Crippen LogP contribution >= 0.6 is 15.9 Å². The number of para-hydroxylation sites is 2. The van der Waals surface area contributed by atoms with Crippen LogP contribution in [0, 0.1) is 0 Å². The molecular formula is C18H17BrN2O3. The van der Waals surface area contributed by atoms with Gasteiger partial charge in [-0.15, -0.1) is 4.73 Å². The van der Waals surface area contributed by atoms with E-state index in [9.17, 15) is 4.79 Å². The number of halogens is 1. The maximum absolute atomic E-state index is 12.1. The first kappa shape index (κ1) is 16.5. The van der Waals surface area contributed by atoms with E-state index in [-0.39, 0.29) is 0 Å². The zero-order valence-electron chi connectivity index (χ0n) is 13.6. The second kappa shape index (κ2) is 6.28. The number of imidazole rings is 1. The molecule has 0 saturated carbocycles. The van der Waals surface area contributed by atoms with E-state index in [1.807, 2.05) is 48.5 Å².